The number of unbranched alkanes of at least 4 members (excludes halogenated alkanes) is 18. The van der Waals surface area contributed by atoms with Crippen LogP contribution in [0.4, 0.5) is 0 Å². The summed E-state index contributed by atoms with van der Waals surface area (Å²) < 4.78 is 0. The Labute approximate surface area is 193 Å². The first-order valence-electron chi connectivity index (χ1n) is 13.0. The predicted molar refractivity (Wildman–Crippen MR) is 133 cm³/mol. The van der Waals surface area contributed by atoms with Crippen molar-refractivity contribution < 1.29 is 14.7 Å². The second-order valence-electron chi connectivity index (χ2n) is 9.21. The van der Waals surface area contributed by atoms with Crippen molar-refractivity contribution in [2.45, 2.75) is 135 Å². The number of carboxylic acids is 1. The number of rotatable bonds is 22. The lowest BCUT2D eigenvalue weighted by Gasteiger charge is -2.03. The Morgan fingerprint density at radius 3 is 1.10 bits per heavy atom. The third-order valence-electron chi connectivity index (χ3n) is 5.47. The van der Waals surface area contributed by atoms with Crippen LogP contribution in [0.5, 0.6) is 0 Å². The molecule has 0 aromatic heterocycles. The van der Waals surface area contributed by atoms with E-state index in [0.717, 1.165) is 12.8 Å². The molecule has 0 atom stereocenters. The molecule has 0 rings (SSSR count). The minimum absolute atomic E-state index is 0.287. The van der Waals surface area contributed by atoms with Gasteiger partial charge >= 0.3 is 5.97 Å². The van der Waals surface area contributed by atoms with Crippen molar-refractivity contribution in [3.05, 3.63) is 0 Å². The van der Waals surface area contributed by atoms with E-state index in [9.17, 15) is 9.59 Å². The van der Waals surface area contributed by atoms with Gasteiger partial charge in [0.05, 0.1) is 6.54 Å². The van der Waals surface area contributed by atoms with E-state index in [-0.39, 0.29) is 5.91 Å². The lowest BCUT2D eigenvalue weighted by atomic mass is 10.0. The maximum Gasteiger partial charge on any atom is 0.303 e. The van der Waals surface area contributed by atoms with E-state index in [1.165, 1.54) is 109 Å². The lowest BCUT2D eigenvalue weighted by Crippen LogP contribution is -2.27. The summed E-state index contributed by atoms with van der Waals surface area (Å²) in [7, 11) is 3.59. The quantitative estimate of drug-likeness (QED) is 0.178. The molecule has 5 heteroatoms. The maximum absolute atomic E-state index is 10.4. The van der Waals surface area contributed by atoms with Gasteiger partial charge in [0.15, 0.2) is 0 Å². The Morgan fingerprint density at radius 2 is 0.903 bits per heavy atom. The van der Waals surface area contributed by atoms with Crippen molar-refractivity contribution in [2.75, 3.05) is 20.6 Å². The van der Waals surface area contributed by atoms with E-state index in [0.29, 0.717) is 13.0 Å². The second kappa shape index (κ2) is 26.9. The van der Waals surface area contributed by atoms with Crippen LogP contribution in [0.1, 0.15) is 135 Å². The van der Waals surface area contributed by atoms with Crippen molar-refractivity contribution in [3.8, 4) is 0 Å². The van der Waals surface area contributed by atoms with E-state index < -0.39 is 5.97 Å². The number of hydrogen-bond donors (Lipinski definition) is 2. The predicted octanol–water partition coefficient (Wildman–Crippen LogP) is 6.93. The van der Waals surface area contributed by atoms with Gasteiger partial charge in [-0.25, -0.2) is 0 Å². The van der Waals surface area contributed by atoms with E-state index in [2.05, 4.69) is 6.92 Å². The van der Waals surface area contributed by atoms with Gasteiger partial charge in [0, 0.05) is 6.42 Å². The summed E-state index contributed by atoms with van der Waals surface area (Å²) in [5, 5.41) is 8.56. The normalized spacial score (nSPS) is 10.7. The van der Waals surface area contributed by atoms with Crippen LogP contribution in [0.25, 0.3) is 0 Å². The lowest BCUT2D eigenvalue weighted by molar-refractivity contribution is -0.137. The van der Waals surface area contributed by atoms with Crippen LogP contribution in [-0.2, 0) is 9.59 Å². The summed E-state index contributed by atoms with van der Waals surface area (Å²) in [4.78, 5) is 22.1. The van der Waals surface area contributed by atoms with Crippen molar-refractivity contribution in [2.24, 2.45) is 5.73 Å². The Hall–Kier alpha value is -1.10. The van der Waals surface area contributed by atoms with E-state index in [1.807, 2.05) is 0 Å². The topological polar surface area (TPSA) is 83.6 Å². The van der Waals surface area contributed by atoms with E-state index in [1.54, 1.807) is 19.0 Å². The largest absolute Gasteiger partial charge is 0.481 e. The Bertz CT molecular complexity index is 387. The van der Waals surface area contributed by atoms with E-state index in [4.69, 9.17) is 10.8 Å². The summed E-state index contributed by atoms with van der Waals surface area (Å²) >= 11 is 0. The number of nitrogens with two attached hydrogens (primary N) is 1. The molecular formula is C26H54N2O3. The molecule has 0 saturated carbocycles. The van der Waals surface area contributed by atoms with Crippen LogP contribution in [0.2, 0.25) is 0 Å². The maximum atomic E-state index is 10.4. The molecule has 0 heterocycles. The second-order valence-corrected chi connectivity index (χ2v) is 9.21. The van der Waals surface area contributed by atoms with Gasteiger partial charge in [-0.3, -0.25) is 9.59 Å². The third kappa shape index (κ3) is 36.6. The third-order valence-corrected chi connectivity index (χ3v) is 5.47. The van der Waals surface area contributed by atoms with Crippen LogP contribution < -0.4 is 5.73 Å². The summed E-state index contributed by atoms with van der Waals surface area (Å²) in [5.74, 6) is -0.938. The summed E-state index contributed by atoms with van der Waals surface area (Å²) in [6.45, 7) is 2.62. The van der Waals surface area contributed by atoms with Crippen LogP contribution in [0.3, 0.4) is 0 Å². The monoisotopic (exact) mass is 442 g/mol. The van der Waals surface area contributed by atoms with E-state index >= 15 is 0 Å². The molecule has 0 aliphatic rings. The summed E-state index contributed by atoms with van der Waals surface area (Å²) in [6, 6.07) is 0. The molecule has 0 aliphatic heterocycles. The van der Waals surface area contributed by atoms with Crippen LogP contribution in [0, 0.1) is 0 Å². The van der Waals surface area contributed by atoms with Gasteiger partial charge in [-0.15, -0.1) is 0 Å². The number of carbonyl (C=O) groups is 2. The van der Waals surface area contributed by atoms with Crippen molar-refractivity contribution in [1.82, 2.24) is 4.90 Å². The Kier molecular flexibility index (Phi) is 27.9. The summed E-state index contributed by atoms with van der Waals surface area (Å²) in [5.41, 5.74) is 4.81. The average Bonchev–Trinajstić information content (AvgIpc) is 2.69. The minimum Gasteiger partial charge on any atom is -0.481 e. The zero-order valence-electron chi connectivity index (χ0n) is 21.1. The number of likely N-dealkylation sites (N-methyl/N-ethyl adjacent to an activating group) is 1. The molecule has 0 spiro atoms. The van der Waals surface area contributed by atoms with Crippen LogP contribution >= 0.6 is 0 Å². The Balaban J connectivity index is 0. The fourth-order valence-corrected chi connectivity index (χ4v) is 3.67. The van der Waals surface area contributed by atoms with Crippen LogP contribution in [-0.4, -0.2) is 42.5 Å². The van der Waals surface area contributed by atoms with Gasteiger partial charge in [-0.2, -0.15) is 0 Å². The first-order chi connectivity index (χ1) is 14.9. The van der Waals surface area contributed by atoms with Gasteiger partial charge < -0.3 is 15.7 Å². The van der Waals surface area contributed by atoms with Gasteiger partial charge in [0.2, 0.25) is 5.91 Å². The minimum atomic E-state index is -0.651. The van der Waals surface area contributed by atoms with Crippen molar-refractivity contribution in [3.63, 3.8) is 0 Å². The number of hydrogen-bond acceptors (Lipinski definition) is 3. The molecule has 0 aromatic carbocycles. The Morgan fingerprint density at radius 1 is 0.613 bits per heavy atom. The van der Waals surface area contributed by atoms with Gasteiger partial charge in [0.1, 0.15) is 0 Å². The molecule has 0 aliphatic carbocycles. The highest BCUT2D eigenvalue weighted by Crippen LogP contribution is 2.14. The molecule has 0 saturated heterocycles. The molecule has 0 aromatic rings. The molecule has 3 N–H and O–H groups in total. The molecular weight excluding hydrogens is 388 g/mol. The van der Waals surface area contributed by atoms with Gasteiger partial charge in [-0.1, -0.05) is 122 Å². The number of primary amides is 1. The fraction of sp³-hybridized carbons (Fsp3) is 0.923. The molecule has 0 radical (unpaired) electrons. The van der Waals surface area contributed by atoms with Gasteiger partial charge in [0.25, 0.3) is 0 Å². The molecule has 186 valence electrons. The van der Waals surface area contributed by atoms with Crippen LogP contribution in [0.15, 0.2) is 0 Å². The zero-order valence-corrected chi connectivity index (χ0v) is 21.1. The van der Waals surface area contributed by atoms with Gasteiger partial charge in [-0.05, 0) is 20.5 Å². The average molecular weight is 443 g/mol. The highest BCUT2D eigenvalue weighted by atomic mass is 16.4. The number of nitrogens with zero attached hydrogens (tertiary/aromatic N) is 1. The molecule has 0 fully saturated rings. The first-order valence-corrected chi connectivity index (χ1v) is 13.0. The highest BCUT2D eigenvalue weighted by molar-refractivity contribution is 5.75. The number of amides is 1. The highest BCUT2D eigenvalue weighted by Gasteiger charge is 1.97. The standard InChI is InChI=1S/C22H44O2.C4H10N2O/c1-2-3-4-5-6-7-8-9-10-11-12-13-14-15-16-17-18-19-20-21-22(23)24;1-6(2)3-4(5)7/h2-21H2,1H3,(H,23,24);3H2,1-2H3,(H2,5,7). The zero-order chi connectivity index (χ0) is 23.6. The fourth-order valence-electron chi connectivity index (χ4n) is 3.67. The summed E-state index contributed by atoms with van der Waals surface area (Å²) in [6.07, 6.45) is 26.1. The molecule has 1 amide bonds. The molecule has 31 heavy (non-hydrogen) atoms. The van der Waals surface area contributed by atoms with Crippen molar-refractivity contribution in [1.29, 1.82) is 0 Å². The molecule has 5 nitrogen and oxygen atoms in total. The number of carboxylic acid groups (broad SMARTS) is 1. The molecule has 0 bridgehead atoms. The first kappa shape index (κ1) is 32.1. The number of carbonyl (C=O) groups excluding carboxylic acids is 1. The SMILES string of the molecule is CCCCCCCCCCCCCCCCCCCCCC(=O)O.CN(C)CC(N)=O. The molecule has 0 unspecified atom stereocenters. The number of aliphatic carboxylic acids is 1. The smallest absolute Gasteiger partial charge is 0.303 e. The van der Waals surface area contributed by atoms with Crippen molar-refractivity contribution >= 4 is 11.9 Å².